The summed E-state index contributed by atoms with van der Waals surface area (Å²) in [7, 11) is 1.70. The molecule has 1 fully saturated rings. The van der Waals surface area contributed by atoms with Gasteiger partial charge in [-0.05, 0) is 19.8 Å². The Hall–Kier alpha value is -0.120. The topological polar surface area (TPSA) is 47.3 Å². The van der Waals surface area contributed by atoms with Gasteiger partial charge < -0.3 is 15.8 Å². The standard InChI is InChI=1S/C11H24N2O/c1-11(6-4-3-5-7-11)13-8-10(12)9-14-2/h10,13H,3-9,12H2,1-2H3. The lowest BCUT2D eigenvalue weighted by molar-refractivity contribution is 0.168. The molecule has 0 heterocycles. The van der Waals surface area contributed by atoms with Crippen LogP contribution in [0.4, 0.5) is 0 Å². The van der Waals surface area contributed by atoms with Gasteiger partial charge in [-0.25, -0.2) is 0 Å². The number of nitrogens with one attached hydrogen (secondary N) is 1. The van der Waals surface area contributed by atoms with Gasteiger partial charge in [0.1, 0.15) is 0 Å². The van der Waals surface area contributed by atoms with Crippen LogP contribution in [0.5, 0.6) is 0 Å². The summed E-state index contributed by atoms with van der Waals surface area (Å²) in [5.41, 5.74) is 6.20. The van der Waals surface area contributed by atoms with Crippen molar-refractivity contribution in [3.8, 4) is 0 Å². The van der Waals surface area contributed by atoms with Gasteiger partial charge in [-0.15, -0.1) is 0 Å². The smallest absolute Gasteiger partial charge is 0.0626 e. The molecule has 1 rings (SSSR count). The monoisotopic (exact) mass is 200 g/mol. The molecular formula is C11H24N2O. The van der Waals surface area contributed by atoms with Crippen LogP contribution in [-0.2, 0) is 4.74 Å². The van der Waals surface area contributed by atoms with Gasteiger partial charge in [0.15, 0.2) is 0 Å². The average Bonchev–Trinajstić information content (AvgIpc) is 2.17. The van der Waals surface area contributed by atoms with E-state index in [1.54, 1.807) is 7.11 Å². The fourth-order valence-electron chi connectivity index (χ4n) is 2.16. The summed E-state index contributed by atoms with van der Waals surface area (Å²) in [5, 5.41) is 3.58. The van der Waals surface area contributed by atoms with Crippen molar-refractivity contribution in [1.29, 1.82) is 0 Å². The van der Waals surface area contributed by atoms with Gasteiger partial charge in [0.25, 0.3) is 0 Å². The second kappa shape index (κ2) is 5.69. The van der Waals surface area contributed by atoms with E-state index in [-0.39, 0.29) is 6.04 Å². The summed E-state index contributed by atoms with van der Waals surface area (Å²) < 4.78 is 5.01. The third-order valence-electron chi connectivity index (χ3n) is 3.13. The first-order valence-electron chi connectivity index (χ1n) is 5.66. The Morgan fingerprint density at radius 2 is 2.00 bits per heavy atom. The van der Waals surface area contributed by atoms with E-state index >= 15 is 0 Å². The van der Waals surface area contributed by atoms with E-state index in [9.17, 15) is 0 Å². The quantitative estimate of drug-likeness (QED) is 0.702. The zero-order chi connectivity index (χ0) is 10.4. The summed E-state index contributed by atoms with van der Waals surface area (Å²) in [5.74, 6) is 0. The maximum atomic E-state index is 5.87. The Kier molecular flexibility index (Phi) is 4.85. The zero-order valence-electron chi connectivity index (χ0n) is 9.51. The molecule has 0 spiro atoms. The summed E-state index contributed by atoms with van der Waals surface area (Å²) >= 11 is 0. The highest BCUT2D eigenvalue weighted by Crippen LogP contribution is 2.27. The molecular weight excluding hydrogens is 176 g/mol. The lowest BCUT2D eigenvalue weighted by Crippen LogP contribution is -2.49. The number of methoxy groups -OCH3 is 1. The highest BCUT2D eigenvalue weighted by molar-refractivity contribution is 4.87. The molecule has 0 radical (unpaired) electrons. The Morgan fingerprint density at radius 3 is 2.57 bits per heavy atom. The molecule has 3 nitrogen and oxygen atoms in total. The number of hydrogen-bond acceptors (Lipinski definition) is 3. The summed E-state index contributed by atoms with van der Waals surface area (Å²) in [6.07, 6.45) is 6.66. The highest BCUT2D eigenvalue weighted by Gasteiger charge is 2.26. The van der Waals surface area contributed by atoms with Crippen LogP contribution in [0, 0.1) is 0 Å². The van der Waals surface area contributed by atoms with Gasteiger partial charge >= 0.3 is 0 Å². The maximum absolute atomic E-state index is 5.87. The number of hydrogen-bond donors (Lipinski definition) is 2. The van der Waals surface area contributed by atoms with Crippen molar-refractivity contribution in [2.24, 2.45) is 5.73 Å². The fraction of sp³-hybridized carbons (Fsp3) is 1.00. The van der Waals surface area contributed by atoms with Crippen LogP contribution in [0.3, 0.4) is 0 Å². The molecule has 1 aliphatic rings. The molecule has 1 saturated carbocycles. The van der Waals surface area contributed by atoms with Gasteiger partial charge in [0.2, 0.25) is 0 Å². The molecule has 3 N–H and O–H groups in total. The molecule has 0 aliphatic heterocycles. The molecule has 0 aromatic carbocycles. The van der Waals surface area contributed by atoms with Gasteiger partial charge in [-0.3, -0.25) is 0 Å². The summed E-state index contributed by atoms with van der Waals surface area (Å²) in [4.78, 5) is 0. The fourth-order valence-corrected chi connectivity index (χ4v) is 2.16. The highest BCUT2D eigenvalue weighted by atomic mass is 16.5. The molecule has 0 aromatic rings. The van der Waals surface area contributed by atoms with Crippen LogP contribution in [0.1, 0.15) is 39.0 Å². The van der Waals surface area contributed by atoms with Crippen LogP contribution in [0.2, 0.25) is 0 Å². The third-order valence-corrected chi connectivity index (χ3v) is 3.13. The number of rotatable bonds is 5. The SMILES string of the molecule is COCC(N)CNC1(C)CCCCC1. The lowest BCUT2D eigenvalue weighted by Gasteiger charge is -2.35. The molecule has 3 heteroatoms. The molecule has 1 unspecified atom stereocenters. The summed E-state index contributed by atoms with van der Waals surface area (Å²) in [6.45, 7) is 3.82. The first-order chi connectivity index (χ1) is 6.66. The van der Waals surface area contributed by atoms with E-state index in [1.165, 1.54) is 32.1 Å². The van der Waals surface area contributed by atoms with Crippen molar-refractivity contribution in [2.45, 2.75) is 50.6 Å². The summed E-state index contributed by atoms with van der Waals surface area (Å²) in [6, 6.07) is 0.124. The van der Waals surface area contributed by atoms with E-state index in [4.69, 9.17) is 10.5 Å². The second-order valence-corrected chi connectivity index (χ2v) is 4.72. The van der Waals surface area contributed by atoms with E-state index in [1.807, 2.05) is 0 Å². The predicted molar refractivity (Wildman–Crippen MR) is 59.3 cm³/mol. The van der Waals surface area contributed by atoms with Crippen molar-refractivity contribution in [3.05, 3.63) is 0 Å². The van der Waals surface area contributed by atoms with Crippen LogP contribution in [0.25, 0.3) is 0 Å². The van der Waals surface area contributed by atoms with Crippen molar-refractivity contribution in [3.63, 3.8) is 0 Å². The van der Waals surface area contributed by atoms with Crippen LogP contribution < -0.4 is 11.1 Å². The second-order valence-electron chi connectivity index (χ2n) is 4.72. The average molecular weight is 200 g/mol. The van der Waals surface area contributed by atoms with E-state index < -0.39 is 0 Å². The Labute approximate surface area is 87.4 Å². The Morgan fingerprint density at radius 1 is 1.36 bits per heavy atom. The normalized spacial score (nSPS) is 23.4. The zero-order valence-corrected chi connectivity index (χ0v) is 9.51. The van der Waals surface area contributed by atoms with Gasteiger partial charge in [0, 0.05) is 25.2 Å². The number of nitrogens with two attached hydrogens (primary N) is 1. The minimum absolute atomic E-state index is 0.124. The van der Waals surface area contributed by atoms with Gasteiger partial charge in [-0.1, -0.05) is 19.3 Å². The minimum atomic E-state index is 0.124. The molecule has 84 valence electrons. The van der Waals surface area contributed by atoms with Crippen molar-refractivity contribution >= 4 is 0 Å². The van der Waals surface area contributed by atoms with Crippen LogP contribution >= 0.6 is 0 Å². The van der Waals surface area contributed by atoms with Gasteiger partial charge in [-0.2, -0.15) is 0 Å². The minimum Gasteiger partial charge on any atom is -0.383 e. The van der Waals surface area contributed by atoms with Crippen molar-refractivity contribution in [1.82, 2.24) is 5.32 Å². The molecule has 0 amide bonds. The molecule has 0 bridgehead atoms. The van der Waals surface area contributed by atoms with Crippen LogP contribution in [0.15, 0.2) is 0 Å². The molecule has 1 aliphatic carbocycles. The third kappa shape index (κ3) is 3.95. The predicted octanol–water partition coefficient (Wildman–Crippen LogP) is 1.27. The van der Waals surface area contributed by atoms with E-state index in [0.717, 1.165) is 6.54 Å². The van der Waals surface area contributed by atoms with E-state index in [0.29, 0.717) is 12.1 Å². The molecule has 1 atom stereocenters. The lowest BCUT2D eigenvalue weighted by atomic mass is 9.83. The molecule has 0 saturated heterocycles. The van der Waals surface area contributed by atoms with Crippen LogP contribution in [-0.4, -0.2) is 31.8 Å². The molecule has 14 heavy (non-hydrogen) atoms. The maximum Gasteiger partial charge on any atom is 0.0626 e. The van der Waals surface area contributed by atoms with Crippen molar-refractivity contribution in [2.75, 3.05) is 20.3 Å². The first-order valence-corrected chi connectivity index (χ1v) is 5.66. The first kappa shape index (κ1) is 12.0. The van der Waals surface area contributed by atoms with Crippen molar-refractivity contribution < 1.29 is 4.74 Å². The largest absolute Gasteiger partial charge is 0.383 e. The number of ether oxygens (including phenoxy) is 1. The van der Waals surface area contributed by atoms with Gasteiger partial charge in [0.05, 0.1) is 6.61 Å². The molecule has 0 aromatic heterocycles. The Balaban J connectivity index is 2.21. The Bertz CT molecular complexity index is 155. The van der Waals surface area contributed by atoms with E-state index in [2.05, 4.69) is 12.2 Å².